The van der Waals surface area contributed by atoms with Crippen LogP contribution in [0.5, 0.6) is 0 Å². The summed E-state index contributed by atoms with van der Waals surface area (Å²) in [5.41, 5.74) is 3.34. The Kier molecular flexibility index (Phi) is 4.52. The zero-order valence-corrected chi connectivity index (χ0v) is 13.0. The summed E-state index contributed by atoms with van der Waals surface area (Å²) < 4.78 is 1.02. The van der Waals surface area contributed by atoms with Gasteiger partial charge in [0, 0.05) is 4.90 Å². The molecule has 1 aromatic carbocycles. The molecule has 0 radical (unpaired) electrons. The molecular weight excluding hydrogens is 288 g/mol. The van der Waals surface area contributed by atoms with Gasteiger partial charge in [0.2, 0.25) is 5.91 Å². The van der Waals surface area contributed by atoms with Gasteiger partial charge in [-0.1, -0.05) is 32.9 Å². The Hall–Kier alpha value is -2.02. The first kappa shape index (κ1) is 15.4. The van der Waals surface area contributed by atoms with Crippen LogP contribution in [0.1, 0.15) is 26.3 Å². The second kappa shape index (κ2) is 6.17. The number of thioether (sulfide) groups is 1. The molecule has 0 aliphatic heterocycles. The van der Waals surface area contributed by atoms with Gasteiger partial charge in [0.25, 0.3) is 0 Å². The molecule has 0 spiro atoms. The maximum atomic E-state index is 11.7. The van der Waals surface area contributed by atoms with Crippen LogP contribution in [0.4, 0.5) is 0 Å². The number of nitrogens with one attached hydrogen (secondary N) is 2. The van der Waals surface area contributed by atoms with E-state index in [0.717, 1.165) is 9.57 Å². The first-order valence-electron chi connectivity index (χ1n) is 6.51. The van der Waals surface area contributed by atoms with Crippen LogP contribution in [0, 0.1) is 0 Å². The highest BCUT2D eigenvalue weighted by Crippen LogP contribution is 2.25. The number of rotatable bonds is 4. The van der Waals surface area contributed by atoms with Crippen molar-refractivity contribution in [3.05, 3.63) is 46.6 Å². The molecule has 0 aliphatic rings. The quantitative estimate of drug-likeness (QED) is 0.843. The van der Waals surface area contributed by atoms with Crippen molar-refractivity contribution in [2.75, 3.05) is 11.2 Å². The SMILES string of the molecule is CC(C)(C)c1ccc(SCC(=O)Nn2cn[nH]c2=O)cc1. The number of benzene rings is 1. The minimum Gasteiger partial charge on any atom is -0.272 e. The standard InChI is InChI=1S/C14H18N4O2S/c1-14(2,3)10-4-6-11(7-5-10)21-8-12(19)17-18-9-15-16-13(18)20/h4-7,9H,8H2,1-3H3,(H,16,20)(H,17,19). The van der Waals surface area contributed by atoms with Gasteiger partial charge in [0.05, 0.1) is 5.75 Å². The number of H-pyrrole nitrogens is 1. The third kappa shape index (κ3) is 4.22. The zero-order valence-electron chi connectivity index (χ0n) is 12.2. The van der Waals surface area contributed by atoms with E-state index < -0.39 is 5.69 Å². The van der Waals surface area contributed by atoms with Crippen LogP contribution in [0.3, 0.4) is 0 Å². The first-order valence-corrected chi connectivity index (χ1v) is 7.50. The summed E-state index contributed by atoms with van der Waals surface area (Å²) in [7, 11) is 0. The van der Waals surface area contributed by atoms with Gasteiger partial charge in [0.15, 0.2) is 0 Å². The summed E-state index contributed by atoms with van der Waals surface area (Å²) in [5, 5.41) is 5.73. The predicted octanol–water partition coefficient (Wildman–Crippen LogP) is 1.73. The Bertz CT molecular complexity index is 667. The van der Waals surface area contributed by atoms with E-state index in [-0.39, 0.29) is 17.1 Å². The number of aromatic amines is 1. The van der Waals surface area contributed by atoms with Crippen molar-refractivity contribution in [3.63, 3.8) is 0 Å². The van der Waals surface area contributed by atoms with Crippen LogP contribution in [0.2, 0.25) is 0 Å². The smallest absolute Gasteiger partial charge is 0.272 e. The Morgan fingerprint density at radius 1 is 1.33 bits per heavy atom. The Balaban J connectivity index is 1.90. The Morgan fingerprint density at radius 2 is 2.00 bits per heavy atom. The van der Waals surface area contributed by atoms with Gasteiger partial charge < -0.3 is 0 Å². The van der Waals surface area contributed by atoms with Gasteiger partial charge >= 0.3 is 5.69 Å². The normalized spacial score (nSPS) is 11.4. The average molecular weight is 306 g/mol. The summed E-state index contributed by atoms with van der Waals surface area (Å²) >= 11 is 1.42. The summed E-state index contributed by atoms with van der Waals surface area (Å²) in [5.74, 6) is -0.0321. The van der Waals surface area contributed by atoms with Crippen LogP contribution in [0.15, 0.2) is 40.3 Å². The largest absolute Gasteiger partial charge is 0.362 e. The fourth-order valence-corrected chi connectivity index (χ4v) is 2.39. The van der Waals surface area contributed by atoms with Gasteiger partial charge in [-0.15, -0.1) is 11.8 Å². The molecule has 6 nitrogen and oxygen atoms in total. The van der Waals surface area contributed by atoms with Gasteiger partial charge in [-0.3, -0.25) is 10.2 Å². The molecule has 0 unspecified atom stereocenters. The molecule has 1 heterocycles. The Labute approximate surface area is 126 Å². The van der Waals surface area contributed by atoms with Crippen molar-refractivity contribution in [2.24, 2.45) is 0 Å². The Morgan fingerprint density at radius 3 is 2.52 bits per heavy atom. The number of amides is 1. The summed E-state index contributed by atoms with van der Waals surface area (Å²) in [4.78, 5) is 23.9. The molecule has 1 amide bonds. The van der Waals surface area contributed by atoms with Crippen LogP contribution in [-0.2, 0) is 10.2 Å². The molecule has 7 heteroatoms. The average Bonchev–Trinajstić information content (AvgIpc) is 2.81. The van der Waals surface area contributed by atoms with Crippen LogP contribution >= 0.6 is 11.8 Å². The number of carbonyl (C=O) groups is 1. The number of hydrogen-bond acceptors (Lipinski definition) is 4. The van der Waals surface area contributed by atoms with Crippen LogP contribution < -0.4 is 11.1 Å². The fraction of sp³-hybridized carbons (Fsp3) is 0.357. The second-order valence-electron chi connectivity index (χ2n) is 5.63. The molecule has 0 bridgehead atoms. The molecule has 0 atom stereocenters. The molecule has 2 rings (SSSR count). The highest BCUT2D eigenvalue weighted by molar-refractivity contribution is 8.00. The second-order valence-corrected chi connectivity index (χ2v) is 6.68. The van der Waals surface area contributed by atoms with Gasteiger partial charge in [0.1, 0.15) is 6.33 Å². The lowest BCUT2D eigenvalue weighted by Crippen LogP contribution is -2.31. The predicted molar refractivity (Wildman–Crippen MR) is 83.1 cm³/mol. The fourth-order valence-electron chi connectivity index (χ4n) is 1.69. The molecule has 21 heavy (non-hydrogen) atoms. The molecule has 0 fully saturated rings. The molecule has 2 aromatic rings. The van der Waals surface area contributed by atoms with Crippen LogP contribution in [-0.4, -0.2) is 26.5 Å². The first-order chi connectivity index (χ1) is 9.86. The van der Waals surface area contributed by atoms with Crippen molar-refractivity contribution in [2.45, 2.75) is 31.1 Å². The van der Waals surface area contributed by atoms with Crippen molar-refractivity contribution in [3.8, 4) is 0 Å². The van der Waals surface area contributed by atoms with E-state index in [2.05, 4.69) is 48.5 Å². The van der Waals surface area contributed by atoms with E-state index in [4.69, 9.17) is 0 Å². The van der Waals surface area contributed by atoms with Crippen molar-refractivity contribution in [1.82, 2.24) is 14.9 Å². The lowest BCUT2D eigenvalue weighted by molar-refractivity contribution is -0.114. The van der Waals surface area contributed by atoms with Gasteiger partial charge in [-0.2, -0.15) is 9.77 Å². The van der Waals surface area contributed by atoms with E-state index >= 15 is 0 Å². The maximum absolute atomic E-state index is 11.7. The van der Waals surface area contributed by atoms with E-state index in [1.54, 1.807) is 0 Å². The van der Waals surface area contributed by atoms with E-state index in [1.165, 1.54) is 23.7 Å². The lowest BCUT2D eigenvalue weighted by Gasteiger charge is -2.19. The third-order valence-electron chi connectivity index (χ3n) is 2.89. The maximum Gasteiger partial charge on any atom is 0.362 e. The monoisotopic (exact) mass is 306 g/mol. The number of hydrogen-bond donors (Lipinski definition) is 2. The molecule has 2 N–H and O–H groups in total. The number of carbonyl (C=O) groups excluding carboxylic acids is 1. The minimum atomic E-state index is -0.470. The zero-order chi connectivity index (χ0) is 15.5. The van der Waals surface area contributed by atoms with E-state index in [0.29, 0.717) is 0 Å². The molecule has 1 aromatic heterocycles. The molecular formula is C14H18N4O2S. The number of nitrogens with zero attached hydrogens (tertiary/aromatic N) is 2. The third-order valence-corrected chi connectivity index (χ3v) is 3.90. The van der Waals surface area contributed by atoms with Crippen molar-refractivity contribution < 1.29 is 4.79 Å². The molecule has 112 valence electrons. The van der Waals surface area contributed by atoms with Gasteiger partial charge in [-0.25, -0.2) is 9.89 Å². The van der Waals surface area contributed by atoms with Crippen molar-refractivity contribution in [1.29, 1.82) is 0 Å². The number of aromatic nitrogens is 3. The summed E-state index contributed by atoms with van der Waals surface area (Å²) in [6.45, 7) is 6.47. The van der Waals surface area contributed by atoms with E-state index in [9.17, 15) is 9.59 Å². The molecule has 0 saturated carbocycles. The molecule has 0 saturated heterocycles. The van der Waals surface area contributed by atoms with E-state index in [1.807, 2.05) is 12.1 Å². The highest BCUT2D eigenvalue weighted by Gasteiger charge is 2.13. The highest BCUT2D eigenvalue weighted by atomic mass is 32.2. The van der Waals surface area contributed by atoms with Gasteiger partial charge in [-0.05, 0) is 23.1 Å². The minimum absolute atomic E-state index is 0.114. The lowest BCUT2D eigenvalue weighted by atomic mass is 9.87. The topological polar surface area (TPSA) is 79.8 Å². The van der Waals surface area contributed by atoms with Crippen molar-refractivity contribution >= 4 is 17.7 Å². The summed E-state index contributed by atoms with van der Waals surface area (Å²) in [6, 6.07) is 8.15. The summed E-state index contributed by atoms with van der Waals surface area (Å²) in [6.07, 6.45) is 1.23. The molecule has 0 aliphatic carbocycles. The van der Waals surface area contributed by atoms with Crippen LogP contribution in [0.25, 0.3) is 0 Å².